The average molecular weight is 283 g/mol. The lowest BCUT2D eigenvalue weighted by molar-refractivity contribution is 0.342. The van der Waals surface area contributed by atoms with Crippen molar-refractivity contribution < 1.29 is 9.13 Å². The van der Waals surface area contributed by atoms with Crippen LogP contribution in [-0.2, 0) is 6.54 Å². The second-order valence-electron chi connectivity index (χ2n) is 4.46. The van der Waals surface area contributed by atoms with Crippen molar-refractivity contribution in [3.63, 3.8) is 0 Å². The molecular weight excluding hydrogens is 265 g/mol. The summed E-state index contributed by atoms with van der Waals surface area (Å²) < 4.78 is 19.3. The molecule has 1 N–H and O–H groups in total. The van der Waals surface area contributed by atoms with E-state index in [-0.39, 0.29) is 18.2 Å². The third-order valence-corrected chi connectivity index (χ3v) is 2.91. The standard InChI is InChI=1S/C18H18FNO/c1-2-20-14-16-11-6-12-17(19)18(16)21-13-7-10-15-8-4-3-5-9-15/h3-6,8-9,11-12,20H,2,13-14H2,1H3. The molecule has 0 aromatic heterocycles. The molecule has 0 bridgehead atoms. The predicted octanol–water partition coefficient (Wildman–Crippen LogP) is 3.37. The highest BCUT2D eigenvalue weighted by Gasteiger charge is 2.08. The van der Waals surface area contributed by atoms with Crippen LogP contribution in [0.5, 0.6) is 5.75 Å². The van der Waals surface area contributed by atoms with Crippen molar-refractivity contribution in [2.75, 3.05) is 13.2 Å². The van der Waals surface area contributed by atoms with Crippen LogP contribution in [0.25, 0.3) is 0 Å². The van der Waals surface area contributed by atoms with Crippen LogP contribution in [0.15, 0.2) is 48.5 Å². The largest absolute Gasteiger partial charge is 0.478 e. The van der Waals surface area contributed by atoms with Crippen molar-refractivity contribution in [2.24, 2.45) is 0 Å². The first-order valence-electron chi connectivity index (χ1n) is 6.96. The zero-order chi connectivity index (χ0) is 14.9. The highest BCUT2D eigenvalue weighted by molar-refractivity contribution is 5.36. The topological polar surface area (TPSA) is 21.3 Å². The molecule has 0 unspecified atom stereocenters. The smallest absolute Gasteiger partial charge is 0.165 e. The molecular formula is C18H18FNO. The Kier molecular flexibility index (Phi) is 5.81. The highest BCUT2D eigenvalue weighted by Crippen LogP contribution is 2.22. The Morgan fingerprint density at radius 3 is 2.67 bits per heavy atom. The van der Waals surface area contributed by atoms with E-state index < -0.39 is 0 Å². The number of halogens is 1. The summed E-state index contributed by atoms with van der Waals surface area (Å²) in [5.74, 6) is 5.81. The van der Waals surface area contributed by atoms with Crippen LogP contribution in [0.4, 0.5) is 4.39 Å². The lowest BCUT2D eigenvalue weighted by atomic mass is 10.2. The van der Waals surface area contributed by atoms with Crippen LogP contribution in [0, 0.1) is 17.7 Å². The summed E-state index contributed by atoms with van der Waals surface area (Å²) in [4.78, 5) is 0. The van der Waals surface area contributed by atoms with Crippen LogP contribution < -0.4 is 10.1 Å². The number of benzene rings is 2. The monoisotopic (exact) mass is 283 g/mol. The van der Waals surface area contributed by atoms with Gasteiger partial charge in [0.1, 0.15) is 6.61 Å². The third-order valence-electron chi connectivity index (χ3n) is 2.91. The van der Waals surface area contributed by atoms with Gasteiger partial charge >= 0.3 is 0 Å². The van der Waals surface area contributed by atoms with Crippen molar-refractivity contribution in [2.45, 2.75) is 13.5 Å². The van der Waals surface area contributed by atoms with Gasteiger partial charge in [-0.05, 0) is 24.7 Å². The van der Waals surface area contributed by atoms with Crippen LogP contribution in [-0.4, -0.2) is 13.2 Å². The van der Waals surface area contributed by atoms with E-state index in [2.05, 4.69) is 17.2 Å². The fourth-order valence-electron chi connectivity index (χ4n) is 1.88. The Morgan fingerprint density at radius 1 is 1.10 bits per heavy atom. The van der Waals surface area contributed by atoms with Gasteiger partial charge in [-0.25, -0.2) is 4.39 Å². The maximum atomic E-state index is 13.8. The molecule has 0 atom stereocenters. The van der Waals surface area contributed by atoms with E-state index >= 15 is 0 Å². The number of para-hydroxylation sites is 1. The van der Waals surface area contributed by atoms with Crippen LogP contribution in [0.2, 0.25) is 0 Å². The summed E-state index contributed by atoms with van der Waals surface area (Å²) in [5.41, 5.74) is 1.72. The van der Waals surface area contributed by atoms with E-state index in [4.69, 9.17) is 4.74 Å². The van der Waals surface area contributed by atoms with Crippen LogP contribution in [0.3, 0.4) is 0 Å². The van der Waals surface area contributed by atoms with E-state index in [0.29, 0.717) is 6.54 Å². The van der Waals surface area contributed by atoms with Gasteiger partial charge in [0, 0.05) is 17.7 Å². The highest BCUT2D eigenvalue weighted by atomic mass is 19.1. The van der Waals surface area contributed by atoms with Gasteiger partial charge in [-0.3, -0.25) is 0 Å². The normalized spacial score (nSPS) is 9.81. The average Bonchev–Trinajstić information content (AvgIpc) is 2.52. The van der Waals surface area contributed by atoms with Gasteiger partial charge in [0.2, 0.25) is 0 Å². The Labute approximate surface area is 125 Å². The number of hydrogen-bond acceptors (Lipinski definition) is 2. The SMILES string of the molecule is CCNCc1cccc(F)c1OCC#Cc1ccccc1. The van der Waals surface area contributed by atoms with Crippen molar-refractivity contribution in [1.29, 1.82) is 0 Å². The predicted molar refractivity (Wildman–Crippen MR) is 82.6 cm³/mol. The summed E-state index contributed by atoms with van der Waals surface area (Å²) in [6, 6.07) is 14.6. The molecule has 0 amide bonds. The summed E-state index contributed by atoms with van der Waals surface area (Å²) in [7, 11) is 0. The van der Waals surface area contributed by atoms with Crippen molar-refractivity contribution in [1.82, 2.24) is 5.32 Å². The lowest BCUT2D eigenvalue weighted by Crippen LogP contribution is -2.13. The number of nitrogens with one attached hydrogen (secondary N) is 1. The zero-order valence-electron chi connectivity index (χ0n) is 12.0. The summed E-state index contributed by atoms with van der Waals surface area (Å²) in [6.07, 6.45) is 0. The van der Waals surface area contributed by atoms with Gasteiger partial charge < -0.3 is 10.1 Å². The van der Waals surface area contributed by atoms with E-state index in [1.807, 2.05) is 43.3 Å². The molecule has 0 fully saturated rings. The molecule has 2 aromatic carbocycles. The van der Waals surface area contributed by atoms with Gasteiger partial charge in [-0.1, -0.05) is 49.1 Å². The molecule has 0 saturated heterocycles. The molecule has 0 aliphatic carbocycles. The molecule has 2 rings (SSSR count). The molecule has 3 heteroatoms. The van der Waals surface area contributed by atoms with Crippen molar-refractivity contribution >= 4 is 0 Å². The minimum Gasteiger partial charge on any atom is -0.478 e. The fraction of sp³-hybridized carbons (Fsp3) is 0.222. The quantitative estimate of drug-likeness (QED) is 0.850. The number of rotatable bonds is 5. The lowest BCUT2D eigenvalue weighted by Gasteiger charge is -2.10. The first kappa shape index (κ1) is 15.1. The summed E-state index contributed by atoms with van der Waals surface area (Å²) in [6.45, 7) is 3.57. The van der Waals surface area contributed by atoms with Gasteiger partial charge in [-0.2, -0.15) is 0 Å². The maximum Gasteiger partial charge on any atom is 0.165 e. The summed E-state index contributed by atoms with van der Waals surface area (Å²) >= 11 is 0. The molecule has 0 aliphatic heterocycles. The van der Waals surface area contributed by atoms with Gasteiger partial charge in [-0.15, -0.1) is 0 Å². The van der Waals surface area contributed by atoms with Gasteiger partial charge in [0.15, 0.2) is 11.6 Å². The van der Waals surface area contributed by atoms with E-state index in [0.717, 1.165) is 17.7 Å². The molecule has 108 valence electrons. The molecule has 0 saturated carbocycles. The Bertz CT molecular complexity index is 629. The molecule has 21 heavy (non-hydrogen) atoms. The van der Waals surface area contributed by atoms with Gasteiger partial charge in [0.25, 0.3) is 0 Å². The van der Waals surface area contributed by atoms with Gasteiger partial charge in [0.05, 0.1) is 0 Å². The molecule has 0 radical (unpaired) electrons. The first-order chi connectivity index (χ1) is 10.3. The Morgan fingerprint density at radius 2 is 1.90 bits per heavy atom. The molecule has 0 aliphatic rings. The van der Waals surface area contributed by atoms with Crippen LogP contribution >= 0.6 is 0 Å². The van der Waals surface area contributed by atoms with E-state index in [1.54, 1.807) is 6.07 Å². The molecule has 0 heterocycles. The van der Waals surface area contributed by atoms with Crippen LogP contribution in [0.1, 0.15) is 18.1 Å². The van der Waals surface area contributed by atoms with Crippen molar-refractivity contribution in [3.05, 3.63) is 65.5 Å². The minimum atomic E-state index is -0.355. The molecule has 2 nitrogen and oxygen atoms in total. The number of hydrogen-bond donors (Lipinski definition) is 1. The summed E-state index contributed by atoms with van der Waals surface area (Å²) in [5, 5.41) is 3.17. The Balaban J connectivity index is 2.01. The fourth-order valence-corrected chi connectivity index (χ4v) is 1.88. The molecule has 0 spiro atoms. The maximum absolute atomic E-state index is 13.8. The second-order valence-corrected chi connectivity index (χ2v) is 4.46. The number of ether oxygens (including phenoxy) is 1. The second kappa shape index (κ2) is 8.08. The Hall–Kier alpha value is -2.31. The van der Waals surface area contributed by atoms with E-state index in [9.17, 15) is 4.39 Å². The minimum absolute atomic E-state index is 0.162. The van der Waals surface area contributed by atoms with E-state index in [1.165, 1.54) is 6.07 Å². The first-order valence-corrected chi connectivity index (χ1v) is 6.96. The molecule has 2 aromatic rings. The third kappa shape index (κ3) is 4.62. The van der Waals surface area contributed by atoms with Crippen molar-refractivity contribution in [3.8, 4) is 17.6 Å². The zero-order valence-corrected chi connectivity index (χ0v) is 12.0.